The number of carbonyl (C=O) groups is 1. The summed E-state index contributed by atoms with van der Waals surface area (Å²) >= 11 is 6.14. The third-order valence-corrected chi connectivity index (χ3v) is 8.33. The minimum atomic E-state index is -3.68. The zero-order valence-corrected chi connectivity index (χ0v) is 20.2. The molecule has 1 amide bonds. The molecular weight excluding hydrogens is 464 g/mol. The largest absolute Gasteiger partial charge is 0.489 e. The Morgan fingerprint density at radius 1 is 1.18 bits per heavy atom. The first-order chi connectivity index (χ1) is 15.8. The molecule has 2 atom stereocenters. The summed E-state index contributed by atoms with van der Waals surface area (Å²) in [6.45, 7) is 3.53. The summed E-state index contributed by atoms with van der Waals surface area (Å²) in [5.41, 5.74) is 0.661. The van der Waals surface area contributed by atoms with Crippen LogP contribution < -0.4 is 10.1 Å². The molecule has 2 aromatic carbocycles. The number of amides is 1. The van der Waals surface area contributed by atoms with Crippen LogP contribution in [0, 0.1) is 0 Å². The van der Waals surface area contributed by atoms with Crippen molar-refractivity contribution >= 4 is 33.2 Å². The van der Waals surface area contributed by atoms with Gasteiger partial charge in [0.1, 0.15) is 12.4 Å². The molecule has 2 unspecified atom stereocenters. The van der Waals surface area contributed by atoms with Gasteiger partial charge in [-0.2, -0.15) is 4.31 Å². The molecule has 4 rings (SSSR count). The molecule has 2 fully saturated rings. The van der Waals surface area contributed by atoms with Crippen LogP contribution in [0.3, 0.4) is 0 Å². The van der Waals surface area contributed by atoms with E-state index >= 15 is 0 Å². The molecule has 0 spiro atoms. The molecule has 7 nitrogen and oxygen atoms in total. The second kappa shape index (κ2) is 10.4. The highest BCUT2D eigenvalue weighted by atomic mass is 35.5. The second-order valence-electron chi connectivity index (χ2n) is 8.53. The molecule has 2 heterocycles. The summed E-state index contributed by atoms with van der Waals surface area (Å²) in [6, 6.07) is 11.1. The van der Waals surface area contributed by atoms with E-state index in [1.165, 1.54) is 16.4 Å². The van der Waals surface area contributed by atoms with E-state index < -0.39 is 15.9 Å². The average Bonchev–Trinajstić information content (AvgIpc) is 3.32. The molecule has 0 aromatic heterocycles. The quantitative estimate of drug-likeness (QED) is 0.604. The van der Waals surface area contributed by atoms with Crippen molar-refractivity contribution in [1.29, 1.82) is 0 Å². The number of sulfonamides is 1. The molecule has 0 radical (unpaired) electrons. The van der Waals surface area contributed by atoms with Crippen molar-refractivity contribution in [3.8, 4) is 5.75 Å². The Labute approximate surface area is 200 Å². The number of rotatable bonds is 7. The lowest BCUT2D eigenvalue weighted by Gasteiger charge is -2.32. The van der Waals surface area contributed by atoms with Crippen LogP contribution in [0.4, 0.5) is 5.69 Å². The van der Waals surface area contributed by atoms with E-state index in [-0.39, 0.29) is 22.6 Å². The first kappa shape index (κ1) is 24.0. The lowest BCUT2D eigenvalue weighted by atomic mass is 10.1. The number of nitrogens with zero attached hydrogens (tertiary/aromatic N) is 1. The van der Waals surface area contributed by atoms with Gasteiger partial charge >= 0.3 is 0 Å². The lowest BCUT2D eigenvalue weighted by Crippen LogP contribution is -2.41. The fraction of sp³-hybridized carbons (Fsp3) is 0.458. The Hall–Kier alpha value is -2.13. The topological polar surface area (TPSA) is 84.9 Å². The van der Waals surface area contributed by atoms with Gasteiger partial charge in [0.15, 0.2) is 0 Å². The molecule has 33 heavy (non-hydrogen) atoms. The van der Waals surface area contributed by atoms with Crippen molar-refractivity contribution in [1.82, 2.24) is 4.31 Å². The van der Waals surface area contributed by atoms with E-state index in [0.717, 1.165) is 38.7 Å². The molecule has 1 N–H and O–H groups in total. The van der Waals surface area contributed by atoms with Crippen molar-refractivity contribution < 1.29 is 22.7 Å². The number of piperidine rings is 1. The summed E-state index contributed by atoms with van der Waals surface area (Å²) in [6.07, 6.45) is 4.67. The van der Waals surface area contributed by atoms with Gasteiger partial charge in [0, 0.05) is 29.8 Å². The van der Waals surface area contributed by atoms with Crippen LogP contribution in [-0.4, -0.2) is 50.5 Å². The number of nitrogens with one attached hydrogen (secondary N) is 1. The van der Waals surface area contributed by atoms with Crippen LogP contribution >= 0.6 is 11.6 Å². The zero-order chi connectivity index (χ0) is 23.4. The van der Waals surface area contributed by atoms with E-state index in [1.54, 1.807) is 30.3 Å². The Morgan fingerprint density at radius 2 is 2.03 bits per heavy atom. The fourth-order valence-electron chi connectivity index (χ4n) is 4.24. The van der Waals surface area contributed by atoms with Crippen molar-refractivity contribution in [3.63, 3.8) is 0 Å². The predicted octanol–water partition coefficient (Wildman–Crippen LogP) is 4.71. The summed E-state index contributed by atoms with van der Waals surface area (Å²) < 4.78 is 39.4. The zero-order valence-electron chi connectivity index (χ0n) is 18.6. The maximum atomic E-state index is 13.2. The van der Waals surface area contributed by atoms with Crippen molar-refractivity contribution in [2.75, 3.05) is 25.1 Å². The third-order valence-electron chi connectivity index (χ3n) is 6.08. The van der Waals surface area contributed by atoms with Gasteiger partial charge in [0.25, 0.3) is 5.91 Å². The van der Waals surface area contributed by atoms with Crippen molar-refractivity contribution in [2.45, 2.75) is 56.1 Å². The van der Waals surface area contributed by atoms with Crippen LogP contribution in [0.5, 0.6) is 5.75 Å². The number of hydrogen-bond donors (Lipinski definition) is 1. The highest BCUT2D eigenvalue weighted by Gasteiger charge is 2.31. The summed E-state index contributed by atoms with van der Waals surface area (Å²) in [5.74, 6) is 0.0390. The molecule has 0 bridgehead atoms. The first-order valence-electron chi connectivity index (χ1n) is 11.3. The Morgan fingerprint density at radius 3 is 2.79 bits per heavy atom. The van der Waals surface area contributed by atoms with Gasteiger partial charge in [0.05, 0.1) is 16.7 Å². The number of anilines is 1. The van der Waals surface area contributed by atoms with E-state index in [0.29, 0.717) is 29.6 Å². The Balaban J connectivity index is 1.52. The van der Waals surface area contributed by atoms with Gasteiger partial charge in [-0.25, -0.2) is 8.42 Å². The normalized spacial score (nSPS) is 21.6. The molecule has 2 aliphatic heterocycles. The van der Waals surface area contributed by atoms with Gasteiger partial charge in [-0.1, -0.05) is 24.1 Å². The number of halogens is 1. The maximum absolute atomic E-state index is 13.2. The number of hydrogen-bond acceptors (Lipinski definition) is 5. The van der Waals surface area contributed by atoms with E-state index in [9.17, 15) is 13.2 Å². The van der Waals surface area contributed by atoms with Crippen LogP contribution in [0.15, 0.2) is 47.4 Å². The SMILES string of the molecule is CC1CCCCN1S(=O)(=O)c1cccc(C(=O)Nc2cc(Cl)ccc2OCC2CCCO2)c1. The Bertz CT molecular complexity index is 1100. The van der Waals surface area contributed by atoms with E-state index in [2.05, 4.69) is 5.32 Å². The van der Waals surface area contributed by atoms with Crippen LogP contribution in [0.1, 0.15) is 49.4 Å². The average molecular weight is 493 g/mol. The molecule has 2 aromatic rings. The minimum Gasteiger partial charge on any atom is -0.489 e. The van der Waals surface area contributed by atoms with E-state index in [4.69, 9.17) is 21.1 Å². The predicted molar refractivity (Wildman–Crippen MR) is 128 cm³/mol. The summed E-state index contributed by atoms with van der Waals surface area (Å²) in [5, 5.41) is 3.26. The third kappa shape index (κ3) is 5.69. The molecular formula is C24H29ClN2O5S. The molecule has 178 valence electrons. The van der Waals surface area contributed by atoms with Gasteiger partial charge in [-0.3, -0.25) is 4.79 Å². The monoisotopic (exact) mass is 492 g/mol. The van der Waals surface area contributed by atoms with Gasteiger partial charge < -0.3 is 14.8 Å². The summed E-state index contributed by atoms with van der Waals surface area (Å²) in [7, 11) is -3.68. The second-order valence-corrected chi connectivity index (χ2v) is 10.9. The van der Waals surface area contributed by atoms with Crippen LogP contribution in [0.25, 0.3) is 0 Å². The maximum Gasteiger partial charge on any atom is 0.255 e. The van der Waals surface area contributed by atoms with Gasteiger partial charge in [-0.15, -0.1) is 0 Å². The van der Waals surface area contributed by atoms with E-state index in [1.807, 2.05) is 6.92 Å². The summed E-state index contributed by atoms with van der Waals surface area (Å²) in [4.78, 5) is 13.1. The lowest BCUT2D eigenvalue weighted by molar-refractivity contribution is 0.0682. The molecule has 2 aliphatic rings. The molecule has 9 heteroatoms. The fourth-order valence-corrected chi connectivity index (χ4v) is 6.16. The van der Waals surface area contributed by atoms with Gasteiger partial charge in [-0.05, 0) is 69.0 Å². The minimum absolute atomic E-state index is 0.0308. The smallest absolute Gasteiger partial charge is 0.255 e. The highest BCUT2D eigenvalue weighted by molar-refractivity contribution is 7.89. The van der Waals surface area contributed by atoms with Gasteiger partial charge in [0.2, 0.25) is 10.0 Å². The number of ether oxygens (including phenoxy) is 2. The molecule has 0 aliphatic carbocycles. The standard InChI is InChI=1S/C24H29ClN2O5S/c1-17-6-2-3-12-27(17)33(29,30)21-9-4-7-18(14-21)24(28)26-22-15-19(25)10-11-23(22)32-16-20-8-5-13-31-20/h4,7,9-11,14-15,17,20H,2-3,5-6,8,12-13,16H2,1H3,(H,26,28). The van der Waals surface area contributed by atoms with Crippen molar-refractivity contribution in [3.05, 3.63) is 53.1 Å². The van der Waals surface area contributed by atoms with Crippen LogP contribution in [0.2, 0.25) is 5.02 Å². The van der Waals surface area contributed by atoms with Crippen molar-refractivity contribution in [2.24, 2.45) is 0 Å². The Kier molecular flexibility index (Phi) is 7.58. The first-order valence-corrected chi connectivity index (χ1v) is 13.1. The molecule has 0 saturated carbocycles. The number of carbonyl (C=O) groups excluding carboxylic acids is 1. The highest BCUT2D eigenvalue weighted by Crippen LogP contribution is 2.30. The van der Waals surface area contributed by atoms with Crippen LogP contribution in [-0.2, 0) is 14.8 Å². The number of benzene rings is 2. The molecule has 2 saturated heterocycles.